The Kier molecular flexibility index (Phi) is 8.58. The summed E-state index contributed by atoms with van der Waals surface area (Å²) in [5.41, 5.74) is 1.64. The topological polar surface area (TPSA) is 18.8 Å². The van der Waals surface area contributed by atoms with Gasteiger partial charge < -0.3 is 0 Å². The van der Waals surface area contributed by atoms with E-state index < -0.39 is 18.4 Å². The van der Waals surface area contributed by atoms with Crippen molar-refractivity contribution in [1.29, 1.82) is 0 Å². The molecule has 0 N–H and O–H groups in total. The first-order chi connectivity index (χ1) is 13.6. The molecule has 0 amide bonds. The van der Waals surface area contributed by atoms with Crippen molar-refractivity contribution in [3.8, 4) is 0 Å². The standard InChI is InChI=1S/C11H14N3S.3C4H9.Sn/c1-13-6-4-12-11(13)14-5-2-10-9(8-14)3-7-15-10;3*1-3-4-2;/h3H,2,4-6,8H2,1H3;3*1,3-4H2,2H3;. The van der Waals surface area contributed by atoms with Gasteiger partial charge in [0.05, 0.1) is 0 Å². The molecule has 1 aromatic rings. The van der Waals surface area contributed by atoms with Crippen molar-refractivity contribution in [1.82, 2.24) is 9.80 Å². The van der Waals surface area contributed by atoms with Gasteiger partial charge in [-0.25, -0.2) is 0 Å². The van der Waals surface area contributed by atoms with Crippen molar-refractivity contribution >= 4 is 38.6 Å². The van der Waals surface area contributed by atoms with E-state index in [0.717, 1.165) is 26.2 Å². The molecule has 0 saturated carbocycles. The van der Waals surface area contributed by atoms with E-state index >= 15 is 0 Å². The van der Waals surface area contributed by atoms with Crippen LogP contribution >= 0.6 is 11.3 Å². The third-order valence-electron chi connectivity index (χ3n) is 6.73. The molecule has 2 aliphatic rings. The molecule has 0 aliphatic carbocycles. The normalized spacial score (nSPS) is 17.2. The number of fused-ring (bicyclic) bond motifs is 1. The van der Waals surface area contributed by atoms with Crippen molar-refractivity contribution in [2.75, 3.05) is 26.7 Å². The molecule has 158 valence electrons. The Labute approximate surface area is 181 Å². The molecule has 0 aromatic carbocycles. The Balaban J connectivity index is 1.84. The van der Waals surface area contributed by atoms with Crippen LogP contribution < -0.4 is 2.89 Å². The van der Waals surface area contributed by atoms with Crippen LogP contribution in [-0.2, 0) is 13.0 Å². The Bertz CT molecular complexity index is 632. The minimum atomic E-state index is -2.27. The molecule has 3 nitrogen and oxygen atoms in total. The third kappa shape index (κ3) is 5.08. The molecule has 0 spiro atoms. The van der Waals surface area contributed by atoms with Gasteiger partial charge in [0.1, 0.15) is 0 Å². The number of nitrogens with zero attached hydrogens (tertiary/aromatic N) is 3. The third-order valence-corrected chi connectivity index (χ3v) is 26.2. The van der Waals surface area contributed by atoms with Gasteiger partial charge in [-0.1, -0.05) is 0 Å². The summed E-state index contributed by atoms with van der Waals surface area (Å²) in [5.74, 6) is 1.23. The van der Waals surface area contributed by atoms with E-state index in [9.17, 15) is 0 Å². The van der Waals surface area contributed by atoms with Gasteiger partial charge in [-0.15, -0.1) is 0 Å². The van der Waals surface area contributed by atoms with Crippen molar-refractivity contribution in [3.63, 3.8) is 0 Å². The quantitative estimate of drug-likeness (QED) is 0.390. The second-order valence-electron chi connectivity index (χ2n) is 8.92. The Morgan fingerprint density at radius 2 is 1.64 bits per heavy atom. The first kappa shape index (κ1) is 22.5. The van der Waals surface area contributed by atoms with E-state index in [1.54, 1.807) is 23.8 Å². The molecule has 28 heavy (non-hydrogen) atoms. The van der Waals surface area contributed by atoms with Gasteiger partial charge in [0.15, 0.2) is 0 Å². The van der Waals surface area contributed by atoms with Gasteiger partial charge in [-0.2, -0.15) is 0 Å². The summed E-state index contributed by atoms with van der Waals surface area (Å²) in [6.45, 7) is 11.4. The van der Waals surface area contributed by atoms with Gasteiger partial charge in [-0.3, -0.25) is 0 Å². The average molecular weight is 510 g/mol. The summed E-state index contributed by atoms with van der Waals surface area (Å²) < 4.78 is 6.68. The van der Waals surface area contributed by atoms with Crippen LogP contribution in [0.2, 0.25) is 13.3 Å². The molecule has 0 fully saturated rings. The van der Waals surface area contributed by atoms with E-state index in [-0.39, 0.29) is 0 Å². The molecule has 0 unspecified atom stereocenters. The average Bonchev–Trinajstić information content (AvgIpc) is 3.33. The van der Waals surface area contributed by atoms with Crippen LogP contribution in [0.5, 0.6) is 0 Å². The summed E-state index contributed by atoms with van der Waals surface area (Å²) in [4.78, 5) is 11.4. The van der Waals surface area contributed by atoms with Crippen molar-refractivity contribution in [3.05, 3.63) is 16.5 Å². The second kappa shape index (κ2) is 10.7. The van der Waals surface area contributed by atoms with Crippen LogP contribution in [0.1, 0.15) is 69.7 Å². The molecule has 3 rings (SSSR count). The minimum absolute atomic E-state index is 0.967. The summed E-state index contributed by atoms with van der Waals surface area (Å²) in [5, 5.41) is 0. The van der Waals surface area contributed by atoms with Gasteiger partial charge in [0, 0.05) is 0 Å². The molecule has 1 aromatic heterocycles. The zero-order valence-corrected chi connectivity index (χ0v) is 22.4. The Morgan fingerprint density at radius 1 is 1.00 bits per heavy atom. The number of hydrogen-bond acceptors (Lipinski definition) is 4. The molecule has 0 bridgehead atoms. The molecule has 5 heteroatoms. The molecule has 0 radical (unpaired) electrons. The van der Waals surface area contributed by atoms with Crippen LogP contribution in [-0.4, -0.2) is 60.8 Å². The van der Waals surface area contributed by atoms with Gasteiger partial charge in [-0.05, 0) is 0 Å². The maximum atomic E-state index is 4.78. The van der Waals surface area contributed by atoms with Crippen LogP contribution in [0, 0.1) is 0 Å². The predicted molar refractivity (Wildman–Crippen MR) is 128 cm³/mol. The van der Waals surface area contributed by atoms with Crippen molar-refractivity contribution in [2.24, 2.45) is 4.99 Å². The fourth-order valence-electron chi connectivity index (χ4n) is 4.92. The zero-order valence-electron chi connectivity index (χ0n) is 18.7. The van der Waals surface area contributed by atoms with Gasteiger partial charge in [0.2, 0.25) is 0 Å². The molecular formula is C23H41N3SSn. The number of aliphatic imine (C=N–C) groups is 1. The number of likely N-dealkylation sites (N-methyl/N-ethyl adjacent to an activating group) is 1. The summed E-state index contributed by atoms with van der Waals surface area (Å²) in [7, 11) is 2.20. The summed E-state index contributed by atoms with van der Waals surface area (Å²) >= 11 is -0.0191. The first-order valence-electron chi connectivity index (χ1n) is 11.8. The number of rotatable bonds is 10. The number of thiophene rings is 1. The number of unbranched alkanes of at least 4 members (excludes halogenated alkanes) is 3. The first-order valence-corrected chi connectivity index (χ1v) is 20.1. The number of hydrogen-bond donors (Lipinski definition) is 0. The van der Waals surface area contributed by atoms with Crippen LogP contribution in [0.15, 0.2) is 11.1 Å². The summed E-state index contributed by atoms with van der Waals surface area (Å²) in [6.07, 6.45) is 9.69. The Morgan fingerprint density at radius 3 is 2.18 bits per heavy atom. The van der Waals surface area contributed by atoms with Gasteiger partial charge >= 0.3 is 182 Å². The van der Waals surface area contributed by atoms with E-state index in [0.29, 0.717) is 0 Å². The van der Waals surface area contributed by atoms with E-state index in [1.165, 1.54) is 50.9 Å². The van der Waals surface area contributed by atoms with Crippen molar-refractivity contribution < 1.29 is 0 Å². The van der Waals surface area contributed by atoms with E-state index in [2.05, 4.69) is 55.0 Å². The fourth-order valence-corrected chi connectivity index (χ4v) is 25.5. The van der Waals surface area contributed by atoms with Gasteiger partial charge in [0.25, 0.3) is 0 Å². The molecular weight excluding hydrogens is 469 g/mol. The summed E-state index contributed by atoms with van der Waals surface area (Å²) in [6, 6.07) is 2.71. The van der Waals surface area contributed by atoms with Crippen LogP contribution in [0.4, 0.5) is 0 Å². The van der Waals surface area contributed by atoms with Crippen LogP contribution in [0.3, 0.4) is 0 Å². The van der Waals surface area contributed by atoms with E-state index in [4.69, 9.17) is 4.99 Å². The second-order valence-corrected chi connectivity index (χ2v) is 24.2. The van der Waals surface area contributed by atoms with Crippen LogP contribution in [0.25, 0.3) is 0 Å². The molecule has 0 saturated heterocycles. The fraction of sp³-hybridized carbons (Fsp3) is 0.783. The molecule has 0 atom stereocenters. The molecule has 3 heterocycles. The zero-order chi connectivity index (χ0) is 20.0. The molecule has 2 aliphatic heterocycles. The Hall–Kier alpha value is -0.231. The number of guanidine groups is 1. The maximum absolute atomic E-state index is 4.78. The van der Waals surface area contributed by atoms with E-state index in [1.807, 2.05) is 2.89 Å². The SMILES string of the molecule is CCC[CH2][Sn]([CH2]CCC)([CH2]CCC)[c]1cc2c(s1)CCN(C1=NCCN1C)C2. The predicted octanol–water partition coefficient (Wildman–Crippen LogP) is 5.46. The van der Waals surface area contributed by atoms with Crippen molar-refractivity contribution in [2.45, 2.75) is 85.6 Å². The monoisotopic (exact) mass is 511 g/mol.